The minimum atomic E-state index is -0.574. The van der Waals surface area contributed by atoms with Gasteiger partial charge < -0.3 is 20.5 Å². The number of aliphatic hydroxyl groups excluding tert-OH is 1. The maximum Gasteiger partial charge on any atom is 0.191 e. The summed E-state index contributed by atoms with van der Waals surface area (Å²) in [7, 11) is 1.71. The first kappa shape index (κ1) is 19.4. The molecule has 3 aromatic rings. The Labute approximate surface area is 163 Å². The van der Waals surface area contributed by atoms with Crippen LogP contribution in [0.5, 0.6) is 0 Å². The summed E-state index contributed by atoms with van der Waals surface area (Å²) in [6.45, 7) is 2.22. The van der Waals surface area contributed by atoms with Gasteiger partial charge in [0.15, 0.2) is 5.96 Å². The van der Waals surface area contributed by atoms with Crippen molar-refractivity contribution in [1.82, 2.24) is 10.6 Å². The maximum absolute atomic E-state index is 10.4. The Bertz CT molecular complexity index is 831. The SMILES string of the molecule is CN=C(NCCOCc1ccccc1)NCC(O)c1cc2ccccc2s1. The van der Waals surface area contributed by atoms with Gasteiger partial charge in [-0.05, 0) is 23.1 Å². The van der Waals surface area contributed by atoms with Gasteiger partial charge in [0.05, 0.1) is 13.2 Å². The van der Waals surface area contributed by atoms with Crippen molar-refractivity contribution in [3.63, 3.8) is 0 Å². The summed E-state index contributed by atoms with van der Waals surface area (Å²) in [5, 5.41) is 18.0. The molecule has 0 radical (unpaired) electrons. The van der Waals surface area contributed by atoms with E-state index in [4.69, 9.17) is 4.74 Å². The molecule has 1 aromatic heterocycles. The summed E-state index contributed by atoms with van der Waals surface area (Å²) in [6.07, 6.45) is -0.574. The highest BCUT2D eigenvalue weighted by atomic mass is 32.1. The molecule has 6 heteroatoms. The molecule has 0 amide bonds. The first-order valence-electron chi connectivity index (χ1n) is 8.99. The van der Waals surface area contributed by atoms with Crippen LogP contribution < -0.4 is 10.6 Å². The van der Waals surface area contributed by atoms with E-state index in [9.17, 15) is 5.11 Å². The number of aliphatic hydroxyl groups is 1. The average Bonchev–Trinajstić information content (AvgIpc) is 3.15. The lowest BCUT2D eigenvalue weighted by molar-refractivity contribution is 0.125. The Hall–Kier alpha value is -2.41. The Morgan fingerprint density at radius 1 is 1.11 bits per heavy atom. The molecule has 27 heavy (non-hydrogen) atoms. The summed E-state index contributed by atoms with van der Waals surface area (Å²) in [4.78, 5) is 5.13. The Kier molecular flexibility index (Phi) is 7.21. The van der Waals surface area contributed by atoms with Gasteiger partial charge in [0.25, 0.3) is 0 Å². The number of ether oxygens (including phenoxy) is 1. The van der Waals surface area contributed by atoms with Crippen LogP contribution in [0.4, 0.5) is 0 Å². The van der Waals surface area contributed by atoms with Crippen molar-refractivity contribution in [2.75, 3.05) is 26.7 Å². The highest BCUT2D eigenvalue weighted by Gasteiger charge is 2.12. The molecule has 0 aliphatic carbocycles. The first-order valence-corrected chi connectivity index (χ1v) is 9.80. The second-order valence-corrected chi connectivity index (χ2v) is 7.24. The summed E-state index contributed by atoms with van der Waals surface area (Å²) < 4.78 is 6.84. The van der Waals surface area contributed by atoms with E-state index >= 15 is 0 Å². The number of nitrogens with one attached hydrogen (secondary N) is 2. The molecule has 1 atom stereocenters. The molecule has 0 fully saturated rings. The minimum absolute atomic E-state index is 0.400. The predicted molar refractivity (Wildman–Crippen MR) is 112 cm³/mol. The highest BCUT2D eigenvalue weighted by molar-refractivity contribution is 7.19. The third kappa shape index (κ3) is 5.79. The number of fused-ring (bicyclic) bond motifs is 1. The normalized spacial score (nSPS) is 12.9. The molecule has 1 unspecified atom stereocenters. The van der Waals surface area contributed by atoms with E-state index in [-0.39, 0.29) is 0 Å². The number of guanidine groups is 1. The lowest BCUT2D eigenvalue weighted by Gasteiger charge is -2.14. The van der Waals surface area contributed by atoms with Crippen LogP contribution in [0.15, 0.2) is 65.7 Å². The lowest BCUT2D eigenvalue weighted by Crippen LogP contribution is -2.40. The second kappa shape index (κ2) is 10.1. The molecule has 1 heterocycles. The van der Waals surface area contributed by atoms with Crippen molar-refractivity contribution >= 4 is 27.4 Å². The topological polar surface area (TPSA) is 65.9 Å². The fourth-order valence-corrected chi connectivity index (χ4v) is 3.74. The number of aliphatic imine (C=N–C) groups is 1. The van der Waals surface area contributed by atoms with Crippen LogP contribution in [0.1, 0.15) is 16.5 Å². The zero-order chi connectivity index (χ0) is 18.9. The van der Waals surface area contributed by atoms with E-state index in [1.165, 1.54) is 4.70 Å². The van der Waals surface area contributed by atoms with Crippen LogP contribution in [0, 0.1) is 0 Å². The third-order valence-corrected chi connectivity index (χ3v) is 5.33. The number of benzene rings is 2. The molecule has 0 saturated heterocycles. The molecular weight excluding hydrogens is 358 g/mol. The fraction of sp³-hybridized carbons (Fsp3) is 0.286. The van der Waals surface area contributed by atoms with E-state index in [0.29, 0.717) is 32.3 Å². The van der Waals surface area contributed by atoms with Crippen LogP contribution in [0.25, 0.3) is 10.1 Å². The molecule has 0 aliphatic heterocycles. The van der Waals surface area contributed by atoms with Crippen molar-refractivity contribution in [3.05, 3.63) is 71.1 Å². The summed E-state index contributed by atoms with van der Waals surface area (Å²) >= 11 is 1.62. The number of hydrogen-bond donors (Lipinski definition) is 3. The molecule has 0 spiro atoms. The van der Waals surface area contributed by atoms with Crippen LogP contribution in [-0.4, -0.2) is 37.8 Å². The Morgan fingerprint density at radius 2 is 1.89 bits per heavy atom. The number of nitrogens with zero attached hydrogens (tertiary/aromatic N) is 1. The van der Waals surface area contributed by atoms with Gasteiger partial charge in [0.1, 0.15) is 6.10 Å². The van der Waals surface area contributed by atoms with E-state index in [2.05, 4.69) is 27.8 Å². The second-order valence-electron chi connectivity index (χ2n) is 6.12. The summed E-state index contributed by atoms with van der Waals surface area (Å²) in [5.41, 5.74) is 1.16. The standard InChI is InChI=1S/C21H25N3O2S/c1-22-21(23-11-12-26-15-16-7-3-2-4-8-16)24-14-18(25)20-13-17-9-5-6-10-19(17)27-20/h2-10,13,18,25H,11-12,14-15H2,1H3,(H2,22,23,24). The first-order chi connectivity index (χ1) is 13.3. The third-order valence-electron chi connectivity index (χ3n) is 4.11. The predicted octanol–water partition coefficient (Wildman–Crippen LogP) is 3.32. The summed E-state index contributed by atoms with van der Waals surface area (Å²) in [6, 6.07) is 20.3. The zero-order valence-electron chi connectivity index (χ0n) is 15.4. The van der Waals surface area contributed by atoms with Gasteiger partial charge >= 0.3 is 0 Å². The molecule has 5 nitrogen and oxygen atoms in total. The molecule has 0 saturated carbocycles. The zero-order valence-corrected chi connectivity index (χ0v) is 16.2. The van der Waals surface area contributed by atoms with Gasteiger partial charge in [-0.3, -0.25) is 4.99 Å². The van der Waals surface area contributed by atoms with Crippen LogP contribution in [-0.2, 0) is 11.3 Å². The van der Waals surface area contributed by atoms with E-state index < -0.39 is 6.10 Å². The van der Waals surface area contributed by atoms with E-state index in [1.54, 1.807) is 18.4 Å². The molecule has 3 N–H and O–H groups in total. The molecule has 142 valence electrons. The van der Waals surface area contributed by atoms with Crippen molar-refractivity contribution in [2.24, 2.45) is 4.99 Å². The Balaban J connectivity index is 1.38. The molecule has 0 aliphatic rings. The molecule has 3 rings (SSSR count). The quantitative estimate of drug-likeness (QED) is 0.317. The van der Waals surface area contributed by atoms with Gasteiger partial charge in [0, 0.05) is 29.7 Å². The van der Waals surface area contributed by atoms with Crippen molar-refractivity contribution in [2.45, 2.75) is 12.7 Å². The number of hydrogen-bond acceptors (Lipinski definition) is 4. The van der Waals surface area contributed by atoms with Crippen molar-refractivity contribution < 1.29 is 9.84 Å². The number of thiophene rings is 1. The average molecular weight is 384 g/mol. The summed E-state index contributed by atoms with van der Waals surface area (Å²) in [5.74, 6) is 0.651. The largest absolute Gasteiger partial charge is 0.386 e. The monoisotopic (exact) mass is 383 g/mol. The van der Waals surface area contributed by atoms with Gasteiger partial charge in [-0.25, -0.2) is 0 Å². The van der Waals surface area contributed by atoms with Crippen LogP contribution in [0.3, 0.4) is 0 Å². The minimum Gasteiger partial charge on any atom is -0.386 e. The maximum atomic E-state index is 10.4. The van der Waals surface area contributed by atoms with Gasteiger partial charge in [-0.2, -0.15) is 0 Å². The Morgan fingerprint density at radius 3 is 2.67 bits per heavy atom. The molecule has 2 aromatic carbocycles. The van der Waals surface area contributed by atoms with Crippen LogP contribution in [0.2, 0.25) is 0 Å². The molecular formula is C21H25N3O2S. The van der Waals surface area contributed by atoms with E-state index in [1.807, 2.05) is 48.5 Å². The lowest BCUT2D eigenvalue weighted by atomic mass is 10.2. The molecule has 0 bridgehead atoms. The van der Waals surface area contributed by atoms with E-state index in [0.717, 1.165) is 15.8 Å². The van der Waals surface area contributed by atoms with Crippen molar-refractivity contribution in [3.8, 4) is 0 Å². The number of rotatable bonds is 8. The smallest absolute Gasteiger partial charge is 0.191 e. The fourth-order valence-electron chi connectivity index (χ4n) is 2.69. The van der Waals surface area contributed by atoms with Crippen molar-refractivity contribution in [1.29, 1.82) is 0 Å². The highest BCUT2D eigenvalue weighted by Crippen LogP contribution is 2.29. The van der Waals surface area contributed by atoms with Gasteiger partial charge in [-0.1, -0.05) is 48.5 Å². The van der Waals surface area contributed by atoms with Gasteiger partial charge in [-0.15, -0.1) is 11.3 Å². The van der Waals surface area contributed by atoms with Crippen LogP contribution >= 0.6 is 11.3 Å². The van der Waals surface area contributed by atoms with Gasteiger partial charge in [0.2, 0.25) is 0 Å².